The molecule has 0 spiro atoms. The maximum Gasteiger partial charge on any atom is 0.235 e. The normalized spacial score (nSPS) is 34.5. The highest BCUT2D eigenvalue weighted by molar-refractivity contribution is 6.32. The highest BCUT2D eigenvalue weighted by atomic mass is 16.3. The van der Waals surface area contributed by atoms with Crippen LogP contribution in [0.4, 0.5) is 0 Å². The van der Waals surface area contributed by atoms with E-state index in [0.717, 1.165) is 18.4 Å². The number of amides is 1. The predicted molar refractivity (Wildman–Crippen MR) is 121 cm³/mol. The highest BCUT2D eigenvalue weighted by Crippen LogP contribution is 2.51. The van der Waals surface area contributed by atoms with E-state index in [1.165, 1.54) is 11.0 Å². The number of nitrogens with zero attached hydrogens (tertiary/aromatic N) is 1. The van der Waals surface area contributed by atoms with Crippen LogP contribution in [0.3, 0.4) is 0 Å². The number of hydrogen-bond donors (Lipinski definition) is 4. The van der Waals surface area contributed by atoms with E-state index in [2.05, 4.69) is 5.32 Å². The van der Waals surface area contributed by atoms with Gasteiger partial charge in [-0.1, -0.05) is 6.07 Å². The number of nitrogens with one attached hydrogen (secondary N) is 1. The summed E-state index contributed by atoms with van der Waals surface area (Å²) in [7, 11) is 3.13. The maximum absolute atomic E-state index is 13.7. The van der Waals surface area contributed by atoms with Gasteiger partial charge in [-0.05, 0) is 62.9 Å². The summed E-state index contributed by atoms with van der Waals surface area (Å²) in [5, 5.41) is 25.5. The van der Waals surface area contributed by atoms with E-state index in [1.807, 2.05) is 0 Å². The van der Waals surface area contributed by atoms with Crippen LogP contribution in [0, 0.1) is 23.7 Å². The van der Waals surface area contributed by atoms with Crippen molar-refractivity contribution in [3.8, 4) is 5.75 Å². The van der Waals surface area contributed by atoms with Gasteiger partial charge in [0.25, 0.3) is 0 Å². The van der Waals surface area contributed by atoms with E-state index in [1.54, 1.807) is 20.2 Å². The number of carbonyl (C=O) groups is 5. The molecule has 5 N–H and O–H groups in total. The summed E-state index contributed by atoms with van der Waals surface area (Å²) in [6.07, 6.45) is 2.49. The zero-order valence-electron chi connectivity index (χ0n) is 19.6. The van der Waals surface area contributed by atoms with Crippen LogP contribution < -0.4 is 11.1 Å². The zero-order chi connectivity index (χ0) is 25.4. The van der Waals surface area contributed by atoms with Gasteiger partial charge in [0.1, 0.15) is 5.75 Å². The first kappa shape index (κ1) is 23.8. The Balaban J connectivity index is 1.59. The third-order valence-electron chi connectivity index (χ3n) is 8.20. The zero-order valence-corrected chi connectivity index (χ0v) is 19.6. The molecule has 3 fully saturated rings. The quantitative estimate of drug-likeness (QED) is 0.389. The van der Waals surface area contributed by atoms with E-state index in [4.69, 9.17) is 5.73 Å². The van der Waals surface area contributed by atoms with Crippen LogP contribution in [-0.4, -0.2) is 75.9 Å². The van der Waals surface area contributed by atoms with E-state index in [9.17, 15) is 34.2 Å². The number of nitrogens with two attached hydrogens (primary N) is 1. The summed E-state index contributed by atoms with van der Waals surface area (Å²) in [4.78, 5) is 67.2. The third kappa shape index (κ3) is 3.38. The number of phenols is 1. The molecule has 4 aliphatic carbocycles. The second kappa shape index (κ2) is 8.04. The van der Waals surface area contributed by atoms with Crippen molar-refractivity contribution in [1.29, 1.82) is 0 Å². The van der Waals surface area contributed by atoms with E-state index in [-0.39, 0.29) is 24.2 Å². The lowest BCUT2D eigenvalue weighted by Crippen LogP contribution is -2.74. The second-order valence-electron chi connectivity index (χ2n) is 10.5. The fraction of sp³-hybridized carbons (Fsp3) is 0.560. The molecule has 35 heavy (non-hydrogen) atoms. The van der Waals surface area contributed by atoms with Gasteiger partial charge in [-0.3, -0.25) is 28.9 Å². The van der Waals surface area contributed by atoms with Crippen LogP contribution in [0.25, 0.3) is 0 Å². The molecule has 10 nitrogen and oxygen atoms in total. The fourth-order valence-electron chi connectivity index (χ4n) is 6.38. The number of benzene rings is 1. The Morgan fingerprint density at radius 3 is 2.46 bits per heavy atom. The van der Waals surface area contributed by atoms with Crippen molar-refractivity contribution in [2.24, 2.45) is 29.4 Å². The number of aromatic hydroxyl groups is 1. The molecule has 2 unspecified atom stereocenters. The Morgan fingerprint density at radius 2 is 1.86 bits per heavy atom. The monoisotopic (exact) mass is 483 g/mol. The standard InChI is InChI=1S/C25H29N3O7/c1-28(2)19-14-8-11-7-13-10(9-27-12-4-5-12)3-6-15(29)17(13)20(30)16(11)22(32)25(14,35)23(33)18(21(19)31)24(26)34/h3,6,11-12,14,16,18-19,27,29,35H,4-5,7-9H2,1-2H3,(H2,26,34)/t11-,14-,16?,18?,19-,25-/m0/s1. The summed E-state index contributed by atoms with van der Waals surface area (Å²) in [5.41, 5.74) is 4.15. The Kier molecular flexibility index (Phi) is 5.46. The van der Waals surface area contributed by atoms with Crippen LogP contribution >= 0.6 is 0 Å². The van der Waals surface area contributed by atoms with E-state index >= 15 is 0 Å². The average molecular weight is 484 g/mol. The summed E-state index contributed by atoms with van der Waals surface area (Å²) >= 11 is 0. The third-order valence-corrected chi connectivity index (χ3v) is 8.20. The van der Waals surface area contributed by atoms with Crippen molar-refractivity contribution in [3.63, 3.8) is 0 Å². The smallest absolute Gasteiger partial charge is 0.235 e. The number of ketones is 4. The molecule has 1 aromatic carbocycles. The van der Waals surface area contributed by atoms with Crippen molar-refractivity contribution < 1.29 is 34.2 Å². The molecule has 4 aliphatic rings. The number of phenolic OH excluding ortho intramolecular Hbond substituents is 1. The van der Waals surface area contributed by atoms with Crippen LogP contribution in [0.2, 0.25) is 0 Å². The molecule has 0 bridgehead atoms. The van der Waals surface area contributed by atoms with Gasteiger partial charge in [0.15, 0.2) is 34.7 Å². The van der Waals surface area contributed by atoms with Crippen LogP contribution in [0.5, 0.6) is 5.75 Å². The number of likely N-dealkylation sites (N-methyl/N-ethyl adjacent to an activating group) is 1. The average Bonchev–Trinajstić information content (AvgIpc) is 3.60. The van der Waals surface area contributed by atoms with Gasteiger partial charge in [-0.15, -0.1) is 0 Å². The molecule has 1 amide bonds. The predicted octanol–water partition coefficient (Wildman–Crippen LogP) is -0.881. The van der Waals surface area contributed by atoms with Crippen LogP contribution in [0.15, 0.2) is 12.1 Å². The molecule has 10 heteroatoms. The van der Waals surface area contributed by atoms with Gasteiger partial charge in [0.2, 0.25) is 5.91 Å². The van der Waals surface area contributed by atoms with Crippen molar-refractivity contribution >= 4 is 29.0 Å². The number of rotatable bonds is 5. The lowest BCUT2D eigenvalue weighted by Gasteiger charge is -2.52. The van der Waals surface area contributed by atoms with Crippen LogP contribution in [-0.2, 0) is 32.1 Å². The number of primary amides is 1. The topological polar surface area (TPSA) is 167 Å². The summed E-state index contributed by atoms with van der Waals surface area (Å²) in [6.45, 7) is 0.511. The molecule has 0 heterocycles. The SMILES string of the molecule is CN(C)[C@@H]1C(=O)C(C(N)=O)C(=O)[C@@]2(O)C(=O)C3C(=O)c4c(O)ccc(CNC5CC5)c4C[C@H]3C[C@@H]12. The summed E-state index contributed by atoms with van der Waals surface area (Å²) in [6, 6.07) is 2.50. The summed E-state index contributed by atoms with van der Waals surface area (Å²) in [5.74, 6) is -10.2. The molecule has 0 radical (unpaired) electrons. The molecule has 186 valence electrons. The Morgan fingerprint density at radius 1 is 1.17 bits per heavy atom. The first-order valence-electron chi connectivity index (χ1n) is 11.9. The van der Waals surface area contributed by atoms with Crippen molar-refractivity contribution in [2.75, 3.05) is 14.1 Å². The van der Waals surface area contributed by atoms with Gasteiger partial charge >= 0.3 is 0 Å². The Labute approximate surface area is 201 Å². The van der Waals surface area contributed by atoms with Gasteiger partial charge in [0, 0.05) is 18.5 Å². The largest absolute Gasteiger partial charge is 0.507 e. The van der Waals surface area contributed by atoms with Crippen molar-refractivity contribution in [3.05, 3.63) is 28.8 Å². The Hall–Kier alpha value is -2.95. The highest BCUT2D eigenvalue weighted by Gasteiger charge is 2.69. The lowest BCUT2D eigenvalue weighted by atomic mass is 9.52. The molecular formula is C25H29N3O7. The Bertz CT molecular complexity index is 1170. The molecular weight excluding hydrogens is 454 g/mol. The molecule has 1 aromatic rings. The van der Waals surface area contributed by atoms with Crippen molar-refractivity contribution in [1.82, 2.24) is 10.2 Å². The maximum atomic E-state index is 13.7. The van der Waals surface area contributed by atoms with Gasteiger partial charge in [-0.25, -0.2) is 0 Å². The molecule has 6 atom stereocenters. The van der Waals surface area contributed by atoms with Gasteiger partial charge in [-0.2, -0.15) is 0 Å². The van der Waals surface area contributed by atoms with Gasteiger partial charge < -0.3 is 21.3 Å². The molecule has 5 rings (SSSR count). The number of Topliss-reactive ketones (excluding diaryl/α,β-unsaturated/α-hetero) is 4. The molecule has 0 saturated heterocycles. The molecule has 0 aromatic heterocycles. The lowest BCUT2D eigenvalue weighted by molar-refractivity contribution is -0.181. The molecule has 0 aliphatic heterocycles. The number of hydrogen-bond acceptors (Lipinski definition) is 9. The minimum atomic E-state index is -2.70. The number of aliphatic hydroxyl groups is 1. The first-order chi connectivity index (χ1) is 16.5. The second-order valence-corrected chi connectivity index (χ2v) is 10.5. The minimum absolute atomic E-state index is 0.0340. The van der Waals surface area contributed by atoms with Gasteiger partial charge in [0.05, 0.1) is 17.5 Å². The number of carbonyl (C=O) groups excluding carboxylic acids is 5. The van der Waals surface area contributed by atoms with Crippen molar-refractivity contribution in [2.45, 2.75) is 49.9 Å². The molecule has 3 saturated carbocycles. The number of fused-ring (bicyclic) bond motifs is 3. The van der Waals surface area contributed by atoms with E-state index < -0.39 is 64.4 Å². The first-order valence-corrected chi connectivity index (χ1v) is 11.9. The summed E-state index contributed by atoms with van der Waals surface area (Å²) < 4.78 is 0. The minimum Gasteiger partial charge on any atom is -0.507 e. The fourth-order valence-corrected chi connectivity index (χ4v) is 6.38. The van der Waals surface area contributed by atoms with E-state index in [0.29, 0.717) is 18.2 Å². The van der Waals surface area contributed by atoms with Crippen LogP contribution in [0.1, 0.15) is 40.7 Å².